The zero-order valence-electron chi connectivity index (χ0n) is 19.3. The molecule has 0 fully saturated rings. The highest BCUT2D eigenvalue weighted by molar-refractivity contribution is 7.99. The minimum absolute atomic E-state index is 0.0432. The van der Waals surface area contributed by atoms with E-state index in [0.717, 1.165) is 17.7 Å². The summed E-state index contributed by atoms with van der Waals surface area (Å²) in [4.78, 5) is 29.1. The van der Waals surface area contributed by atoms with Crippen LogP contribution in [0.5, 0.6) is 0 Å². The third kappa shape index (κ3) is 8.41. The average molecular weight is 441 g/mol. The van der Waals surface area contributed by atoms with Gasteiger partial charge in [0.05, 0.1) is 0 Å². The van der Waals surface area contributed by atoms with Gasteiger partial charge in [-0.25, -0.2) is 0 Å². The van der Waals surface area contributed by atoms with Crippen molar-refractivity contribution in [3.63, 3.8) is 0 Å². The summed E-state index contributed by atoms with van der Waals surface area (Å²) in [7, 11) is 0. The SMILES string of the molecule is CC[C@H](C(=O)N[C@@H](C)CC)N(CCc1ccccc1)C(=O)CCSc1ccc(C)cc1. The van der Waals surface area contributed by atoms with Crippen molar-refractivity contribution in [1.29, 1.82) is 0 Å². The van der Waals surface area contributed by atoms with Crippen LogP contribution in [0.2, 0.25) is 0 Å². The van der Waals surface area contributed by atoms with Crippen molar-refractivity contribution >= 4 is 23.6 Å². The van der Waals surface area contributed by atoms with Crippen LogP contribution in [0, 0.1) is 6.92 Å². The number of nitrogens with one attached hydrogen (secondary N) is 1. The maximum absolute atomic E-state index is 13.2. The molecular weight excluding hydrogens is 404 g/mol. The Morgan fingerprint density at radius 1 is 1.00 bits per heavy atom. The Bertz CT molecular complexity index is 808. The first-order chi connectivity index (χ1) is 14.9. The quantitative estimate of drug-likeness (QED) is 0.459. The molecule has 0 aliphatic heterocycles. The summed E-state index contributed by atoms with van der Waals surface area (Å²) in [6.45, 7) is 8.64. The third-order valence-corrected chi connectivity index (χ3v) is 6.49. The predicted molar refractivity (Wildman–Crippen MR) is 130 cm³/mol. The minimum atomic E-state index is -0.436. The molecule has 0 heterocycles. The average Bonchev–Trinajstić information content (AvgIpc) is 2.78. The van der Waals surface area contributed by atoms with Crippen molar-refractivity contribution in [2.75, 3.05) is 12.3 Å². The van der Waals surface area contributed by atoms with Gasteiger partial charge < -0.3 is 10.2 Å². The smallest absolute Gasteiger partial charge is 0.243 e. The number of benzene rings is 2. The molecule has 2 aromatic rings. The van der Waals surface area contributed by atoms with E-state index >= 15 is 0 Å². The summed E-state index contributed by atoms with van der Waals surface area (Å²) in [5.41, 5.74) is 2.40. The summed E-state index contributed by atoms with van der Waals surface area (Å²) in [5.74, 6) is 0.693. The van der Waals surface area contributed by atoms with Gasteiger partial charge in [0.25, 0.3) is 0 Å². The lowest BCUT2D eigenvalue weighted by molar-refractivity contribution is -0.140. The maximum atomic E-state index is 13.2. The summed E-state index contributed by atoms with van der Waals surface area (Å²) in [6, 6.07) is 18.2. The van der Waals surface area contributed by atoms with Gasteiger partial charge in [-0.1, -0.05) is 61.9 Å². The second-order valence-electron chi connectivity index (χ2n) is 7.98. The van der Waals surface area contributed by atoms with E-state index in [0.29, 0.717) is 25.1 Å². The van der Waals surface area contributed by atoms with E-state index in [1.165, 1.54) is 11.1 Å². The molecule has 0 unspecified atom stereocenters. The summed E-state index contributed by atoms with van der Waals surface area (Å²) in [6.07, 6.45) is 2.63. The summed E-state index contributed by atoms with van der Waals surface area (Å²) < 4.78 is 0. The number of aryl methyl sites for hydroxylation is 1. The fourth-order valence-corrected chi connectivity index (χ4v) is 4.21. The number of thioether (sulfide) groups is 1. The van der Waals surface area contributed by atoms with Gasteiger partial charge in [0.15, 0.2) is 0 Å². The van der Waals surface area contributed by atoms with Gasteiger partial charge >= 0.3 is 0 Å². The molecule has 1 N–H and O–H groups in total. The highest BCUT2D eigenvalue weighted by Crippen LogP contribution is 2.20. The lowest BCUT2D eigenvalue weighted by Gasteiger charge is -2.31. The highest BCUT2D eigenvalue weighted by Gasteiger charge is 2.28. The molecular formula is C26H36N2O2S. The Morgan fingerprint density at radius 2 is 1.68 bits per heavy atom. The van der Waals surface area contributed by atoms with Gasteiger partial charge in [-0.15, -0.1) is 11.8 Å². The Kier molecular flexibility index (Phi) is 10.6. The zero-order valence-corrected chi connectivity index (χ0v) is 20.1. The lowest BCUT2D eigenvalue weighted by atomic mass is 10.1. The van der Waals surface area contributed by atoms with Crippen LogP contribution in [0.1, 0.15) is 51.2 Å². The van der Waals surface area contributed by atoms with Crippen LogP contribution in [0.15, 0.2) is 59.5 Å². The van der Waals surface area contributed by atoms with E-state index in [-0.39, 0.29) is 17.9 Å². The fraction of sp³-hybridized carbons (Fsp3) is 0.462. The third-order valence-electron chi connectivity index (χ3n) is 5.48. The first kappa shape index (κ1) is 25.0. The molecule has 4 nitrogen and oxygen atoms in total. The van der Waals surface area contributed by atoms with Crippen LogP contribution < -0.4 is 5.32 Å². The molecule has 2 aromatic carbocycles. The molecule has 0 aliphatic carbocycles. The van der Waals surface area contributed by atoms with Gasteiger partial charge in [-0.05, 0) is 50.8 Å². The number of hydrogen-bond donors (Lipinski definition) is 1. The second kappa shape index (κ2) is 13.2. The van der Waals surface area contributed by atoms with Crippen molar-refractivity contribution in [2.45, 2.75) is 70.4 Å². The molecule has 5 heteroatoms. The van der Waals surface area contributed by atoms with Crippen LogP contribution >= 0.6 is 11.8 Å². The van der Waals surface area contributed by atoms with E-state index in [2.05, 4.69) is 48.6 Å². The van der Waals surface area contributed by atoms with Crippen LogP contribution in [0.4, 0.5) is 0 Å². The lowest BCUT2D eigenvalue weighted by Crippen LogP contribution is -2.51. The zero-order chi connectivity index (χ0) is 22.6. The van der Waals surface area contributed by atoms with Crippen molar-refractivity contribution in [3.05, 3.63) is 65.7 Å². The number of nitrogens with zero attached hydrogens (tertiary/aromatic N) is 1. The number of carbonyl (C=O) groups is 2. The molecule has 2 amide bonds. The number of carbonyl (C=O) groups excluding carboxylic acids is 2. The Hall–Kier alpha value is -2.27. The van der Waals surface area contributed by atoms with E-state index in [4.69, 9.17) is 0 Å². The van der Waals surface area contributed by atoms with Crippen molar-refractivity contribution < 1.29 is 9.59 Å². The van der Waals surface area contributed by atoms with E-state index in [9.17, 15) is 9.59 Å². The number of hydrogen-bond acceptors (Lipinski definition) is 3. The van der Waals surface area contributed by atoms with Gasteiger partial charge in [0, 0.05) is 29.7 Å². The molecule has 2 rings (SSSR count). The second-order valence-corrected chi connectivity index (χ2v) is 9.14. The number of amides is 2. The first-order valence-electron chi connectivity index (χ1n) is 11.3. The topological polar surface area (TPSA) is 49.4 Å². The Morgan fingerprint density at radius 3 is 2.29 bits per heavy atom. The standard InChI is InChI=1S/C26H36N2O2S/c1-5-21(4)27-26(30)24(6-2)28(18-16-22-10-8-7-9-11-22)25(29)17-19-31-23-14-12-20(3)13-15-23/h7-15,21,24H,5-6,16-19H2,1-4H3,(H,27,30)/t21-,24+/m0/s1. The van der Waals surface area contributed by atoms with Gasteiger partial charge in [0.1, 0.15) is 6.04 Å². The van der Waals surface area contributed by atoms with Crippen molar-refractivity contribution in [3.8, 4) is 0 Å². The molecule has 0 aliphatic rings. The van der Waals surface area contributed by atoms with Gasteiger partial charge in [0.2, 0.25) is 11.8 Å². The molecule has 0 saturated heterocycles. The van der Waals surface area contributed by atoms with Crippen LogP contribution in [0.25, 0.3) is 0 Å². The van der Waals surface area contributed by atoms with Gasteiger partial charge in [-0.2, -0.15) is 0 Å². The predicted octanol–water partition coefficient (Wildman–Crippen LogP) is 5.24. The largest absolute Gasteiger partial charge is 0.352 e. The molecule has 0 saturated carbocycles. The van der Waals surface area contributed by atoms with Gasteiger partial charge in [-0.3, -0.25) is 9.59 Å². The fourth-order valence-electron chi connectivity index (χ4n) is 3.37. The van der Waals surface area contributed by atoms with E-state index in [1.807, 2.05) is 39.0 Å². The minimum Gasteiger partial charge on any atom is -0.352 e. The van der Waals surface area contributed by atoms with Crippen LogP contribution in [-0.2, 0) is 16.0 Å². The van der Waals surface area contributed by atoms with Crippen molar-refractivity contribution in [1.82, 2.24) is 10.2 Å². The molecule has 2 atom stereocenters. The molecule has 0 aromatic heterocycles. The first-order valence-corrected chi connectivity index (χ1v) is 12.3. The Labute approximate surface area is 191 Å². The monoisotopic (exact) mass is 440 g/mol. The van der Waals surface area contributed by atoms with Crippen molar-refractivity contribution in [2.24, 2.45) is 0 Å². The normalized spacial score (nSPS) is 12.8. The highest BCUT2D eigenvalue weighted by atomic mass is 32.2. The van der Waals surface area contributed by atoms with E-state index < -0.39 is 6.04 Å². The van der Waals surface area contributed by atoms with Crippen LogP contribution in [0.3, 0.4) is 0 Å². The molecule has 0 radical (unpaired) electrons. The Balaban J connectivity index is 2.05. The number of rotatable bonds is 12. The molecule has 31 heavy (non-hydrogen) atoms. The molecule has 0 bridgehead atoms. The van der Waals surface area contributed by atoms with Crippen LogP contribution in [-0.4, -0.2) is 41.1 Å². The summed E-state index contributed by atoms with van der Waals surface area (Å²) >= 11 is 1.68. The summed E-state index contributed by atoms with van der Waals surface area (Å²) in [5, 5.41) is 3.06. The van der Waals surface area contributed by atoms with E-state index in [1.54, 1.807) is 16.7 Å². The maximum Gasteiger partial charge on any atom is 0.243 e. The molecule has 0 spiro atoms. The molecule has 168 valence electrons.